The molecule has 2 N–H and O–H groups in total. The first kappa shape index (κ1) is 27.9. The monoisotopic (exact) mass is 564 g/mol. The molecule has 1 aliphatic rings. The molecular formula is C28H36N8O3S. The summed E-state index contributed by atoms with van der Waals surface area (Å²) < 4.78 is 8.65. The lowest BCUT2D eigenvalue weighted by molar-refractivity contribution is -0.117. The van der Waals surface area contributed by atoms with Crippen LogP contribution in [-0.4, -0.2) is 72.9 Å². The Morgan fingerprint density at radius 3 is 2.75 bits per heavy atom. The zero-order valence-electron chi connectivity index (χ0n) is 23.6. The first-order valence-corrected chi connectivity index (χ1v) is 14.3. The highest BCUT2D eigenvalue weighted by Gasteiger charge is 2.34. The second-order valence-electron chi connectivity index (χ2n) is 11.1. The summed E-state index contributed by atoms with van der Waals surface area (Å²) in [5.74, 6) is -0.349. The van der Waals surface area contributed by atoms with Crippen LogP contribution in [0.15, 0.2) is 37.1 Å². The zero-order valence-corrected chi connectivity index (χ0v) is 24.4. The number of hydrogen-bond donors (Lipinski definition) is 2. The average molecular weight is 565 g/mol. The maximum atomic E-state index is 13.3. The van der Waals surface area contributed by atoms with Gasteiger partial charge in [-0.1, -0.05) is 0 Å². The fourth-order valence-corrected chi connectivity index (χ4v) is 6.18. The van der Waals surface area contributed by atoms with E-state index in [0.717, 1.165) is 34.7 Å². The fourth-order valence-electron chi connectivity index (χ4n) is 5.15. The SMILES string of the molecule is COCCn1cc(-c2cn3ncc(C(=O)Nc4cc(NC(=O)C[C@H]5CCCN5C(C)(C)C)cnc4C)c3s2)cn1. The Morgan fingerprint density at radius 2 is 1.98 bits per heavy atom. The van der Waals surface area contributed by atoms with E-state index in [4.69, 9.17) is 4.74 Å². The normalized spacial score (nSPS) is 16.1. The van der Waals surface area contributed by atoms with E-state index in [1.807, 2.05) is 24.0 Å². The maximum absolute atomic E-state index is 13.3. The first-order chi connectivity index (χ1) is 19.1. The van der Waals surface area contributed by atoms with Crippen molar-refractivity contribution in [1.29, 1.82) is 0 Å². The van der Waals surface area contributed by atoms with E-state index >= 15 is 0 Å². The van der Waals surface area contributed by atoms with Crippen LogP contribution in [0.1, 0.15) is 56.1 Å². The predicted molar refractivity (Wildman–Crippen MR) is 156 cm³/mol. The van der Waals surface area contributed by atoms with E-state index in [9.17, 15) is 9.59 Å². The second-order valence-corrected chi connectivity index (χ2v) is 12.1. The zero-order chi connectivity index (χ0) is 28.4. The van der Waals surface area contributed by atoms with Gasteiger partial charge in [-0.05, 0) is 53.1 Å². The van der Waals surface area contributed by atoms with Gasteiger partial charge in [-0.15, -0.1) is 11.3 Å². The van der Waals surface area contributed by atoms with Gasteiger partial charge in [-0.2, -0.15) is 10.2 Å². The number of aromatic nitrogens is 5. The van der Waals surface area contributed by atoms with Crippen molar-refractivity contribution in [3.8, 4) is 10.4 Å². The number of aryl methyl sites for hydroxylation is 1. The molecule has 11 nitrogen and oxygen atoms in total. The number of pyridine rings is 1. The van der Waals surface area contributed by atoms with E-state index in [1.165, 1.54) is 11.3 Å². The number of fused-ring (bicyclic) bond motifs is 1. The van der Waals surface area contributed by atoms with Gasteiger partial charge in [0.15, 0.2) is 0 Å². The molecule has 1 atom stereocenters. The van der Waals surface area contributed by atoms with Gasteiger partial charge in [0, 0.05) is 43.1 Å². The van der Waals surface area contributed by atoms with Gasteiger partial charge in [-0.3, -0.25) is 24.2 Å². The standard InChI is InChI=1S/C28H36N8O3S/c1-18-23(11-20(14-29-18)32-25(37)12-21-7-6-8-35(21)28(2,3)4)33-26(38)22-15-31-36-17-24(40-27(22)36)19-13-30-34(16-19)9-10-39-5/h11,13-17,21H,6-10,12H2,1-5H3,(H,32,37)(H,33,38)/t21-/m1/s1. The van der Waals surface area contributed by atoms with Crippen LogP contribution in [0.5, 0.6) is 0 Å². The largest absolute Gasteiger partial charge is 0.383 e. The molecule has 0 spiro atoms. The number of carbonyl (C=O) groups is 2. The molecular weight excluding hydrogens is 528 g/mol. The third-order valence-corrected chi connectivity index (χ3v) is 8.32. The van der Waals surface area contributed by atoms with Gasteiger partial charge in [0.2, 0.25) is 5.91 Å². The smallest absolute Gasteiger partial charge is 0.260 e. The lowest BCUT2D eigenvalue weighted by Gasteiger charge is -2.36. The van der Waals surface area contributed by atoms with Crippen LogP contribution in [0.25, 0.3) is 15.3 Å². The van der Waals surface area contributed by atoms with Gasteiger partial charge < -0.3 is 15.4 Å². The van der Waals surface area contributed by atoms with Gasteiger partial charge in [-0.25, -0.2) is 4.52 Å². The maximum Gasteiger partial charge on any atom is 0.260 e. The molecule has 5 heterocycles. The number of hydrogen-bond acceptors (Lipinski definition) is 8. The Bertz CT molecular complexity index is 1520. The highest BCUT2D eigenvalue weighted by molar-refractivity contribution is 7.21. The summed E-state index contributed by atoms with van der Waals surface area (Å²) in [6, 6.07) is 1.97. The van der Waals surface area contributed by atoms with Crippen molar-refractivity contribution in [3.63, 3.8) is 0 Å². The molecule has 12 heteroatoms. The van der Waals surface area contributed by atoms with Crippen molar-refractivity contribution in [2.45, 2.75) is 65.1 Å². The Kier molecular flexibility index (Phi) is 8.02. The van der Waals surface area contributed by atoms with Gasteiger partial charge in [0.25, 0.3) is 5.91 Å². The van der Waals surface area contributed by atoms with Crippen LogP contribution < -0.4 is 10.6 Å². The summed E-state index contributed by atoms with van der Waals surface area (Å²) in [5, 5.41) is 14.7. The van der Waals surface area contributed by atoms with Crippen LogP contribution in [0.3, 0.4) is 0 Å². The molecule has 1 aliphatic heterocycles. The lowest BCUT2D eigenvalue weighted by Crippen LogP contribution is -2.45. The summed E-state index contributed by atoms with van der Waals surface area (Å²) in [7, 11) is 1.66. The Labute approximate surface area is 237 Å². The molecule has 4 aromatic rings. The highest BCUT2D eigenvalue weighted by atomic mass is 32.1. The number of nitrogens with zero attached hydrogens (tertiary/aromatic N) is 6. The number of likely N-dealkylation sites (tertiary alicyclic amines) is 1. The Balaban J connectivity index is 1.27. The Morgan fingerprint density at radius 1 is 1.15 bits per heavy atom. The number of rotatable bonds is 9. The van der Waals surface area contributed by atoms with Crippen molar-refractivity contribution < 1.29 is 14.3 Å². The van der Waals surface area contributed by atoms with Crippen molar-refractivity contribution in [2.75, 3.05) is 30.9 Å². The third-order valence-electron chi connectivity index (χ3n) is 7.16. The molecule has 212 valence electrons. The number of carbonyl (C=O) groups excluding carboxylic acids is 2. The minimum Gasteiger partial charge on any atom is -0.383 e. The molecule has 0 aliphatic carbocycles. The molecule has 0 unspecified atom stereocenters. The number of anilines is 2. The van der Waals surface area contributed by atoms with Crippen molar-refractivity contribution in [1.82, 2.24) is 29.3 Å². The van der Waals surface area contributed by atoms with Crippen LogP contribution in [0.2, 0.25) is 0 Å². The predicted octanol–water partition coefficient (Wildman–Crippen LogP) is 4.45. The molecule has 5 rings (SSSR count). The molecule has 1 saturated heterocycles. The third kappa shape index (κ3) is 6.08. The van der Waals surface area contributed by atoms with Crippen molar-refractivity contribution in [3.05, 3.63) is 48.3 Å². The highest BCUT2D eigenvalue weighted by Crippen LogP contribution is 2.31. The number of ether oxygens (including phenoxy) is 1. The minimum absolute atomic E-state index is 0.0268. The van der Waals surface area contributed by atoms with Crippen LogP contribution in [-0.2, 0) is 16.1 Å². The van der Waals surface area contributed by atoms with E-state index in [2.05, 4.69) is 51.5 Å². The molecule has 40 heavy (non-hydrogen) atoms. The van der Waals surface area contributed by atoms with Gasteiger partial charge in [0.1, 0.15) is 4.83 Å². The second kappa shape index (κ2) is 11.5. The lowest BCUT2D eigenvalue weighted by atomic mass is 10.0. The number of nitrogens with one attached hydrogen (secondary N) is 2. The minimum atomic E-state index is -0.292. The summed E-state index contributed by atoms with van der Waals surface area (Å²) in [4.78, 5) is 34.7. The summed E-state index contributed by atoms with van der Waals surface area (Å²) in [6.45, 7) is 10.6. The van der Waals surface area contributed by atoms with E-state index < -0.39 is 0 Å². The quantitative estimate of drug-likeness (QED) is 0.308. The van der Waals surface area contributed by atoms with Crippen LogP contribution in [0, 0.1) is 6.92 Å². The summed E-state index contributed by atoms with van der Waals surface area (Å²) >= 11 is 1.47. The number of amides is 2. The molecule has 0 radical (unpaired) electrons. The molecule has 1 fully saturated rings. The summed E-state index contributed by atoms with van der Waals surface area (Å²) in [5.41, 5.74) is 3.18. The average Bonchev–Trinajstić information content (AvgIpc) is 3.68. The van der Waals surface area contributed by atoms with Gasteiger partial charge >= 0.3 is 0 Å². The van der Waals surface area contributed by atoms with Crippen molar-refractivity contribution in [2.24, 2.45) is 0 Å². The van der Waals surface area contributed by atoms with E-state index in [-0.39, 0.29) is 23.4 Å². The molecule has 4 aromatic heterocycles. The number of methoxy groups -OCH3 is 1. The topological polar surface area (TPSA) is 119 Å². The van der Waals surface area contributed by atoms with E-state index in [0.29, 0.717) is 42.2 Å². The van der Waals surface area contributed by atoms with E-state index in [1.54, 1.807) is 36.3 Å². The Hall–Kier alpha value is -3.61. The summed E-state index contributed by atoms with van der Waals surface area (Å²) in [6.07, 6.45) is 11.4. The number of thiazole rings is 1. The molecule has 0 saturated carbocycles. The van der Waals surface area contributed by atoms with Crippen LogP contribution in [0.4, 0.5) is 11.4 Å². The molecule has 0 aromatic carbocycles. The van der Waals surface area contributed by atoms with Crippen molar-refractivity contribution >= 4 is 39.4 Å². The fraction of sp³-hybridized carbons (Fsp3) is 0.464. The molecule has 0 bridgehead atoms. The van der Waals surface area contributed by atoms with Crippen LogP contribution >= 0.6 is 11.3 Å². The molecule has 2 amide bonds. The first-order valence-electron chi connectivity index (χ1n) is 13.5. The van der Waals surface area contributed by atoms with Gasteiger partial charge in [0.05, 0.1) is 59.3 Å².